The van der Waals surface area contributed by atoms with Gasteiger partial charge in [0.2, 0.25) is 0 Å². The smallest absolute Gasteiger partial charge is 0.122 e. The summed E-state index contributed by atoms with van der Waals surface area (Å²) in [7, 11) is 1.68. The van der Waals surface area contributed by atoms with Gasteiger partial charge >= 0.3 is 0 Å². The van der Waals surface area contributed by atoms with Crippen LogP contribution in [0.3, 0.4) is 0 Å². The minimum Gasteiger partial charge on any atom is -0.496 e. The van der Waals surface area contributed by atoms with E-state index in [1.54, 1.807) is 7.11 Å². The van der Waals surface area contributed by atoms with Crippen LogP contribution in [0.2, 0.25) is 0 Å². The lowest BCUT2D eigenvalue weighted by Gasteiger charge is -2.17. The molecule has 0 heterocycles. The van der Waals surface area contributed by atoms with Gasteiger partial charge in [-0.3, -0.25) is 11.3 Å². The highest BCUT2D eigenvalue weighted by Gasteiger charge is 2.11. The number of nitrogens with one attached hydrogen (secondary N) is 1. The van der Waals surface area contributed by atoms with Gasteiger partial charge in [-0.2, -0.15) is 0 Å². The summed E-state index contributed by atoms with van der Waals surface area (Å²) in [4.78, 5) is 0. The van der Waals surface area contributed by atoms with Crippen LogP contribution in [0.25, 0.3) is 0 Å². The van der Waals surface area contributed by atoms with Crippen LogP contribution in [0.15, 0.2) is 30.4 Å². The molecule has 0 aliphatic carbocycles. The molecule has 0 aliphatic rings. The predicted molar refractivity (Wildman–Crippen MR) is 67.2 cm³/mol. The van der Waals surface area contributed by atoms with Crippen molar-refractivity contribution in [3.8, 4) is 5.75 Å². The molecule has 88 valence electrons. The van der Waals surface area contributed by atoms with Gasteiger partial charge in [0.15, 0.2) is 0 Å². The highest BCUT2D eigenvalue weighted by Crippen LogP contribution is 2.25. The topological polar surface area (TPSA) is 47.3 Å². The lowest BCUT2D eigenvalue weighted by molar-refractivity contribution is 0.410. The molecule has 0 amide bonds. The Morgan fingerprint density at radius 2 is 2.25 bits per heavy atom. The Morgan fingerprint density at radius 3 is 2.75 bits per heavy atom. The first-order valence-corrected chi connectivity index (χ1v) is 5.33. The molecule has 3 nitrogen and oxygen atoms in total. The minimum atomic E-state index is 0.0898. The summed E-state index contributed by atoms with van der Waals surface area (Å²) in [5.74, 6) is 6.44. The van der Waals surface area contributed by atoms with Gasteiger partial charge in [0.1, 0.15) is 5.75 Å². The minimum absolute atomic E-state index is 0.0898. The number of ether oxygens (including phenoxy) is 1. The van der Waals surface area contributed by atoms with Crippen LogP contribution in [0.1, 0.15) is 30.5 Å². The second-order valence-corrected chi connectivity index (χ2v) is 4.11. The van der Waals surface area contributed by atoms with E-state index < -0.39 is 0 Å². The van der Waals surface area contributed by atoms with E-state index in [2.05, 4.69) is 18.1 Å². The van der Waals surface area contributed by atoms with Crippen molar-refractivity contribution in [1.82, 2.24) is 5.43 Å². The molecule has 0 fully saturated rings. The number of rotatable bonds is 5. The number of methoxy groups -OCH3 is 1. The predicted octanol–water partition coefficient (Wildman–Crippen LogP) is 2.47. The average Bonchev–Trinajstić information content (AvgIpc) is 2.26. The third-order valence-electron chi connectivity index (χ3n) is 2.59. The maximum atomic E-state index is 5.55. The van der Waals surface area contributed by atoms with E-state index in [-0.39, 0.29) is 6.04 Å². The molecule has 1 rings (SSSR count). The van der Waals surface area contributed by atoms with Gasteiger partial charge in [0.25, 0.3) is 0 Å². The van der Waals surface area contributed by atoms with Crippen molar-refractivity contribution >= 4 is 0 Å². The number of hydrogen-bond acceptors (Lipinski definition) is 3. The monoisotopic (exact) mass is 220 g/mol. The van der Waals surface area contributed by atoms with Gasteiger partial charge in [-0.1, -0.05) is 17.7 Å². The molecule has 3 N–H and O–H groups in total. The fraction of sp³-hybridized carbons (Fsp3) is 0.385. The fourth-order valence-electron chi connectivity index (χ4n) is 1.67. The second-order valence-electron chi connectivity index (χ2n) is 4.11. The van der Waals surface area contributed by atoms with Crippen LogP contribution in [0, 0.1) is 6.92 Å². The Kier molecular flexibility index (Phi) is 4.52. The zero-order valence-corrected chi connectivity index (χ0v) is 10.2. The van der Waals surface area contributed by atoms with Gasteiger partial charge in [0.05, 0.1) is 7.11 Å². The van der Waals surface area contributed by atoms with E-state index in [9.17, 15) is 0 Å². The molecule has 0 saturated heterocycles. The van der Waals surface area contributed by atoms with Gasteiger partial charge in [-0.15, -0.1) is 6.58 Å². The van der Waals surface area contributed by atoms with E-state index in [4.69, 9.17) is 10.6 Å². The standard InChI is InChI=1S/C13H20N2O/c1-9(2)7-12(15-14)11-6-5-10(3)13(8-11)16-4/h5-6,8,12,15H,1,7,14H2,2-4H3. The van der Waals surface area contributed by atoms with Gasteiger partial charge < -0.3 is 4.74 Å². The number of hydrazine groups is 1. The first-order chi connectivity index (χ1) is 7.58. The molecule has 16 heavy (non-hydrogen) atoms. The summed E-state index contributed by atoms with van der Waals surface area (Å²) < 4.78 is 5.29. The summed E-state index contributed by atoms with van der Waals surface area (Å²) >= 11 is 0. The molecule has 0 saturated carbocycles. The summed E-state index contributed by atoms with van der Waals surface area (Å²) in [5.41, 5.74) is 6.14. The lowest BCUT2D eigenvalue weighted by atomic mass is 9.99. The highest BCUT2D eigenvalue weighted by atomic mass is 16.5. The van der Waals surface area contributed by atoms with Crippen molar-refractivity contribution in [2.45, 2.75) is 26.3 Å². The summed E-state index contributed by atoms with van der Waals surface area (Å²) in [5, 5.41) is 0. The average molecular weight is 220 g/mol. The van der Waals surface area contributed by atoms with Crippen molar-refractivity contribution in [2.24, 2.45) is 5.84 Å². The number of nitrogens with two attached hydrogens (primary N) is 1. The molecule has 0 bridgehead atoms. The molecule has 0 aromatic heterocycles. The van der Waals surface area contributed by atoms with Crippen LogP contribution in [-0.4, -0.2) is 7.11 Å². The summed E-state index contributed by atoms with van der Waals surface area (Å²) in [6.07, 6.45) is 0.822. The molecule has 0 spiro atoms. The first-order valence-electron chi connectivity index (χ1n) is 5.33. The third-order valence-corrected chi connectivity index (χ3v) is 2.59. The van der Waals surface area contributed by atoms with Crippen LogP contribution >= 0.6 is 0 Å². The highest BCUT2D eigenvalue weighted by molar-refractivity contribution is 5.38. The number of hydrogen-bond donors (Lipinski definition) is 2. The maximum Gasteiger partial charge on any atom is 0.122 e. The van der Waals surface area contributed by atoms with E-state index in [1.165, 1.54) is 0 Å². The molecule has 0 radical (unpaired) electrons. The Hall–Kier alpha value is -1.32. The molecular formula is C13H20N2O. The summed E-state index contributed by atoms with van der Waals surface area (Å²) in [6.45, 7) is 7.92. The van der Waals surface area contributed by atoms with Gasteiger partial charge in [-0.25, -0.2) is 0 Å². The normalized spacial score (nSPS) is 12.2. The molecular weight excluding hydrogens is 200 g/mol. The third kappa shape index (κ3) is 3.08. The SMILES string of the molecule is C=C(C)CC(NN)c1ccc(C)c(OC)c1. The largest absolute Gasteiger partial charge is 0.496 e. The lowest BCUT2D eigenvalue weighted by Crippen LogP contribution is -2.28. The van der Waals surface area contributed by atoms with E-state index in [0.717, 1.165) is 28.9 Å². The number of benzene rings is 1. The molecule has 0 aliphatic heterocycles. The van der Waals surface area contributed by atoms with Gasteiger partial charge in [-0.05, 0) is 37.5 Å². The van der Waals surface area contributed by atoms with Crippen LogP contribution in [0.5, 0.6) is 5.75 Å². The van der Waals surface area contributed by atoms with Crippen LogP contribution < -0.4 is 16.0 Å². The maximum absolute atomic E-state index is 5.55. The zero-order valence-electron chi connectivity index (χ0n) is 10.2. The Labute approximate surface area is 97.3 Å². The number of aryl methyl sites for hydroxylation is 1. The van der Waals surface area contributed by atoms with Crippen molar-refractivity contribution in [1.29, 1.82) is 0 Å². The van der Waals surface area contributed by atoms with Crippen molar-refractivity contribution < 1.29 is 4.74 Å². The molecule has 1 aromatic rings. The Balaban J connectivity index is 2.96. The van der Waals surface area contributed by atoms with E-state index in [1.807, 2.05) is 26.0 Å². The molecule has 1 unspecified atom stereocenters. The Morgan fingerprint density at radius 1 is 1.56 bits per heavy atom. The van der Waals surface area contributed by atoms with Gasteiger partial charge in [0, 0.05) is 6.04 Å². The molecule has 1 atom stereocenters. The van der Waals surface area contributed by atoms with E-state index >= 15 is 0 Å². The zero-order chi connectivity index (χ0) is 12.1. The second kappa shape index (κ2) is 5.68. The summed E-state index contributed by atoms with van der Waals surface area (Å²) in [6, 6.07) is 6.21. The molecule has 3 heteroatoms. The van der Waals surface area contributed by atoms with E-state index in [0.29, 0.717) is 0 Å². The van der Waals surface area contributed by atoms with Crippen LogP contribution in [0.4, 0.5) is 0 Å². The fourth-order valence-corrected chi connectivity index (χ4v) is 1.67. The first kappa shape index (κ1) is 12.7. The van der Waals surface area contributed by atoms with Crippen molar-refractivity contribution in [3.05, 3.63) is 41.5 Å². The van der Waals surface area contributed by atoms with Crippen LogP contribution in [-0.2, 0) is 0 Å². The Bertz CT molecular complexity index is 374. The molecule has 1 aromatic carbocycles. The van der Waals surface area contributed by atoms with Crippen molar-refractivity contribution in [3.63, 3.8) is 0 Å². The quantitative estimate of drug-likeness (QED) is 0.455. The van der Waals surface area contributed by atoms with Crippen molar-refractivity contribution in [2.75, 3.05) is 7.11 Å².